The Labute approximate surface area is 272 Å². The Kier molecular flexibility index (Phi) is 13.8. The average molecular weight is 648 g/mol. The zero-order valence-corrected chi connectivity index (χ0v) is 32.3. The van der Waals surface area contributed by atoms with Crippen molar-refractivity contribution in [1.82, 2.24) is 0 Å². The molecule has 2 aromatic rings. The molecular formula is C37H63ClO3Si2. The molecule has 1 atom stereocenters. The summed E-state index contributed by atoms with van der Waals surface area (Å²) < 4.78 is 12.7. The summed E-state index contributed by atoms with van der Waals surface area (Å²) in [7, 11) is -3.45. The van der Waals surface area contributed by atoms with E-state index in [0.717, 1.165) is 50.3 Å². The minimum absolute atomic E-state index is 0.140. The first-order chi connectivity index (χ1) is 19.8. The molecule has 1 N–H and O–H groups in total. The topological polar surface area (TPSA) is 38.7 Å². The molecular weight excluding hydrogens is 584 g/mol. The number of hydrogen-bond donors (Lipinski definition) is 1. The summed E-state index contributed by atoms with van der Waals surface area (Å²) >= 11 is 6.04. The van der Waals surface area contributed by atoms with Crippen molar-refractivity contribution in [3.63, 3.8) is 0 Å². The number of aliphatic hydroxyl groups excluding tert-OH is 1. The number of rotatable bonds is 13. The van der Waals surface area contributed by atoms with Gasteiger partial charge in [0.25, 0.3) is 0 Å². The van der Waals surface area contributed by atoms with Crippen LogP contribution in [0.1, 0.15) is 91.3 Å². The molecule has 3 nitrogen and oxygen atoms in total. The highest BCUT2D eigenvalue weighted by molar-refractivity contribution is 6.87. The van der Waals surface area contributed by atoms with Gasteiger partial charge in [-0.05, 0) is 109 Å². The molecule has 6 heteroatoms. The van der Waals surface area contributed by atoms with Crippen molar-refractivity contribution < 1.29 is 14.0 Å². The molecule has 1 aliphatic rings. The Morgan fingerprint density at radius 3 is 1.67 bits per heavy atom. The third kappa shape index (κ3) is 9.77. The number of aryl methyl sites for hydroxylation is 1. The first-order valence-electron chi connectivity index (χ1n) is 16.5. The fourth-order valence-corrected chi connectivity index (χ4v) is 16.0. The fourth-order valence-electron chi connectivity index (χ4n) is 5.90. The number of hydrogen-bond acceptors (Lipinski definition) is 3. The number of benzene rings is 2. The zero-order chi connectivity index (χ0) is 32.7. The highest BCUT2D eigenvalue weighted by atomic mass is 35.5. The van der Waals surface area contributed by atoms with E-state index in [0.29, 0.717) is 21.9 Å². The maximum absolute atomic E-state index is 8.99. The van der Waals surface area contributed by atoms with E-state index >= 15 is 0 Å². The third-order valence-corrected chi connectivity index (χ3v) is 23.3. The van der Waals surface area contributed by atoms with Crippen molar-refractivity contribution in [1.29, 1.82) is 0 Å². The van der Waals surface area contributed by atoms with Crippen LogP contribution in [0.4, 0.5) is 0 Å². The van der Waals surface area contributed by atoms with Crippen molar-refractivity contribution in [3.05, 3.63) is 70.2 Å². The Bertz CT molecular complexity index is 1070. The molecule has 1 heterocycles. The molecule has 1 saturated heterocycles. The van der Waals surface area contributed by atoms with Gasteiger partial charge in [0.15, 0.2) is 16.6 Å². The number of ether oxygens (including phenoxy) is 1. The van der Waals surface area contributed by atoms with Crippen LogP contribution in [0.3, 0.4) is 0 Å². The van der Waals surface area contributed by atoms with Crippen molar-refractivity contribution in [2.24, 2.45) is 11.8 Å². The lowest BCUT2D eigenvalue weighted by molar-refractivity contribution is 0.173. The normalized spacial score (nSPS) is 18.2. The second kappa shape index (κ2) is 15.6. The first kappa shape index (κ1) is 38.2. The molecule has 1 aliphatic heterocycles. The largest absolute Gasteiger partial charge is 0.455 e. The van der Waals surface area contributed by atoms with Gasteiger partial charge in [0, 0.05) is 23.7 Å². The average Bonchev–Trinajstić information content (AvgIpc) is 3.39. The number of aliphatic hydroxyl groups is 1. The van der Waals surface area contributed by atoms with Crippen LogP contribution >= 0.6 is 11.6 Å². The van der Waals surface area contributed by atoms with Crippen LogP contribution in [0.5, 0.6) is 0 Å². The molecule has 0 saturated carbocycles. The van der Waals surface area contributed by atoms with Crippen molar-refractivity contribution in [3.8, 4) is 0 Å². The van der Waals surface area contributed by atoms with Gasteiger partial charge in [-0.2, -0.15) is 0 Å². The molecule has 1 unspecified atom stereocenters. The second-order valence-corrected chi connectivity index (χ2v) is 25.5. The highest BCUT2D eigenvalue weighted by Gasteiger charge is 2.51. The fraction of sp³-hybridized carbons (Fsp3) is 0.676. The van der Waals surface area contributed by atoms with Gasteiger partial charge in [-0.25, -0.2) is 0 Å². The van der Waals surface area contributed by atoms with Crippen molar-refractivity contribution in [2.75, 3.05) is 19.8 Å². The lowest BCUT2D eigenvalue weighted by atomic mass is 9.75. The molecule has 0 amide bonds. The maximum Gasteiger partial charge on any atom is 0.179 e. The zero-order valence-electron chi connectivity index (χ0n) is 29.6. The summed E-state index contributed by atoms with van der Waals surface area (Å²) in [4.78, 5) is 0. The Balaban J connectivity index is 0.000000311. The molecule has 3 rings (SSSR count). The summed E-state index contributed by atoms with van der Waals surface area (Å²) in [6.07, 6.45) is 5.18. The summed E-state index contributed by atoms with van der Waals surface area (Å²) in [5, 5.41) is 10.4. The summed E-state index contributed by atoms with van der Waals surface area (Å²) in [6, 6.07) is 16.9. The van der Waals surface area contributed by atoms with Gasteiger partial charge in [0.1, 0.15) is 0 Å². The molecule has 0 aromatic heterocycles. The Hall–Kier alpha value is -0.956. The lowest BCUT2D eigenvalue weighted by Gasteiger charge is -2.52. The smallest absolute Gasteiger partial charge is 0.179 e. The van der Waals surface area contributed by atoms with Crippen molar-refractivity contribution in [2.45, 2.75) is 129 Å². The van der Waals surface area contributed by atoms with E-state index in [1.165, 1.54) is 16.7 Å². The van der Waals surface area contributed by atoms with Gasteiger partial charge in [0.05, 0.1) is 6.61 Å². The van der Waals surface area contributed by atoms with Crippen LogP contribution < -0.4 is 0 Å². The quantitative estimate of drug-likeness (QED) is 0.220. The van der Waals surface area contributed by atoms with Gasteiger partial charge >= 0.3 is 0 Å². The van der Waals surface area contributed by atoms with Crippen LogP contribution in [-0.4, -0.2) is 41.6 Å². The second-order valence-electron chi connectivity index (χ2n) is 15.6. The molecule has 0 aliphatic carbocycles. The molecule has 1 fully saturated rings. The molecule has 43 heavy (non-hydrogen) atoms. The minimum Gasteiger partial charge on any atom is -0.455 e. The van der Waals surface area contributed by atoms with Crippen LogP contribution in [0.25, 0.3) is 0 Å². The summed E-state index contributed by atoms with van der Waals surface area (Å²) in [6.45, 7) is 30.5. The predicted octanol–water partition coefficient (Wildman–Crippen LogP) is 10.8. The van der Waals surface area contributed by atoms with E-state index in [1.807, 2.05) is 12.1 Å². The standard InChI is InChI=1S/C21H25ClO2.C16H38OSi2/c22-20-9-7-19(8-10-20)21(13-15-24-16-21)12-1-2-17-3-5-18(6-4-17)11-14-23;1-13(2)15(5,6)18(9,10)17-19(11,12)16(7,8)14(3)4/h3-10,23H,1-2,11-16H2;13-14H,1-12H3. The van der Waals surface area contributed by atoms with E-state index in [1.54, 1.807) is 0 Å². The molecule has 0 bridgehead atoms. The number of halogens is 1. The van der Waals surface area contributed by atoms with E-state index in [2.05, 4.69) is 118 Å². The Morgan fingerprint density at radius 2 is 1.28 bits per heavy atom. The van der Waals surface area contributed by atoms with Crippen LogP contribution in [0.2, 0.25) is 41.3 Å². The molecule has 0 radical (unpaired) electrons. The van der Waals surface area contributed by atoms with Gasteiger partial charge in [0.2, 0.25) is 0 Å². The van der Waals surface area contributed by atoms with Crippen LogP contribution in [0, 0.1) is 11.8 Å². The minimum atomic E-state index is -1.72. The predicted molar refractivity (Wildman–Crippen MR) is 193 cm³/mol. The molecule has 0 spiro atoms. The Morgan fingerprint density at radius 1 is 0.814 bits per heavy atom. The first-order valence-corrected chi connectivity index (χ1v) is 22.7. The van der Waals surface area contributed by atoms with E-state index < -0.39 is 16.6 Å². The maximum atomic E-state index is 8.99. The van der Waals surface area contributed by atoms with Crippen LogP contribution in [0.15, 0.2) is 48.5 Å². The highest BCUT2D eigenvalue weighted by Crippen LogP contribution is 2.51. The summed E-state index contributed by atoms with van der Waals surface area (Å²) in [5.74, 6) is 1.34. The molecule has 2 aromatic carbocycles. The monoisotopic (exact) mass is 646 g/mol. The van der Waals surface area contributed by atoms with Crippen molar-refractivity contribution >= 4 is 28.2 Å². The van der Waals surface area contributed by atoms with Gasteiger partial charge in [-0.15, -0.1) is 0 Å². The van der Waals surface area contributed by atoms with E-state index in [-0.39, 0.29) is 12.0 Å². The molecule has 244 valence electrons. The van der Waals surface area contributed by atoms with Gasteiger partial charge < -0.3 is 14.0 Å². The van der Waals surface area contributed by atoms with Gasteiger partial charge in [-0.3, -0.25) is 0 Å². The van der Waals surface area contributed by atoms with E-state index in [9.17, 15) is 0 Å². The SMILES string of the molecule is CC(C)C(C)(C)[Si](C)(C)O[Si](C)(C)C(C)(C)C(C)C.OCCc1ccc(CCCC2(c3ccc(Cl)cc3)CCOC2)cc1. The lowest BCUT2D eigenvalue weighted by Crippen LogP contribution is -2.57. The third-order valence-electron chi connectivity index (χ3n) is 11.6. The van der Waals surface area contributed by atoms with Crippen LogP contribution in [-0.2, 0) is 27.1 Å². The van der Waals surface area contributed by atoms with Gasteiger partial charge in [-0.1, -0.05) is 103 Å². The summed E-state index contributed by atoms with van der Waals surface area (Å²) in [5.41, 5.74) is 4.05. The van der Waals surface area contributed by atoms with E-state index in [4.69, 9.17) is 25.6 Å².